The average Bonchev–Trinajstić information content (AvgIpc) is 2.48. The van der Waals surface area contributed by atoms with Gasteiger partial charge in [-0.2, -0.15) is 0 Å². The van der Waals surface area contributed by atoms with E-state index in [0.29, 0.717) is 0 Å². The molecule has 0 saturated heterocycles. The molecule has 0 amide bonds. The van der Waals surface area contributed by atoms with Crippen LogP contribution in [0.25, 0.3) is 0 Å². The Hall–Kier alpha value is -1.70. The smallest absolute Gasteiger partial charge is 0.119 e. The van der Waals surface area contributed by atoms with Gasteiger partial charge in [0.05, 0.1) is 13.2 Å². The second-order valence-electron chi connectivity index (χ2n) is 4.51. The van der Waals surface area contributed by atoms with E-state index in [9.17, 15) is 0 Å². The van der Waals surface area contributed by atoms with Crippen molar-refractivity contribution in [3.8, 4) is 5.75 Å². The van der Waals surface area contributed by atoms with Gasteiger partial charge in [0.2, 0.25) is 0 Å². The Morgan fingerprint density at radius 1 is 0.895 bits per heavy atom. The molecule has 101 valence electrons. The molecule has 1 radical (unpaired) electrons. The van der Waals surface area contributed by atoms with Crippen LogP contribution in [0, 0.1) is 6.42 Å². The van der Waals surface area contributed by atoms with Crippen molar-refractivity contribution in [3.05, 3.63) is 60.7 Å². The molecule has 1 aromatic rings. The highest BCUT2D eigenvalue weighted by molar-refractivity contribution is 5.22. The zero-order valence-corrected chi connectivity index (χ0v) is 11.3. The Kier molecular flexibility index (Phi) is 6.08. The molecule has 0 saturated carbocycles. The minimum Gasteiger partial charge on any atom is -0.494 e. The summed E-state index contributed by atoms with van der Waals surface area (Å²) in [6.07, 6.45) is 12.6. The van der Waals surface area contributed by atoms with Crippen molar-refractivity contribution in [1.29, 1.82) is 0 Å². The summed E-state index contributed by atoms with van der Waals surface area (Å²) >= 11 is 0. The molecular weight excluding hydrogens is 236 g/mol. The third-order valence-electron chi connectivity index (χ3n) is 2.91. The van der Waals surface area contributed by atoms with Gasteiger partial charge >= 0.3 is 0 Å². The number of rotatable bonds is 8. The van der Waals surface area contributed by atoms with E-state index in [0.717, 1.165) is 50.4 Å². The van der Waals surface area contributed by atoms with E-state index in [4.69, 9.17) is 9.47 Å². The van der Waals surface area contributed by atoms with Crippen molar-refractivity contribution >= 4 is 0 Å². The predicted molar refractivity (Wildman–Crippen MR) is 77.9 cm³/mol. The van der Waals surface area contributed by atoms with Crippen LogP contribution >= 0.6 is 0 Å². The van der Waals surface area contributed by atoms with Crippen LogP contribution < -0.4 is 4.74 Å². The molecule has 0 aliphatic heterocycles. The number of unbranched alkanes of at least 4 members (excludes halogenated alkanes) is 2. The van der Waals surface area contributed by atoms with Crippen molar-refractivity contribution in [2.75, 3.05) is 13.2 Å². The fourth-order valence-corrected chi connectivity index (χ4v) is 1.88. The highest BCUT2D eigenvalue weighted by Crippen LogP contribution is 2.11. The maximum atomic E-state index is 5.65. The van der Waals surface area contributed by atoms with Crippen LogP contribution in [0.5, 0.6) is 5.75 Å². The Balaban J connectivity index is 1.46. The minimum absolute atomic E-state index is 0.778. The molecule has 0 fully saturated rings. The van der Waals surface area contributed by atoms with Crippen LogP contribution in [0.4, 0.5) is 0 Å². The van der Waals surface area contributed by atoms with Crippen LogP contribution in [-0.4, -0.2) is 13.2 Å². The second-order valence-corrected chi connectivity index (χ2v) is 4.51. The number of hydrogen-bond donors (Lipinski definition) is 0. The molecule has 19 heavy (non-hydrogen) atoms. The van der Waals surface area contributed by atoms with Crippen LogP contribution in [0.2, 0.25) is 0 Å². The van der Waals surface area contributed by atoms with E-state index in [-0.39, 0.29) is 0 Å². The van der Waals surface area contributed by atoms with Crippen LogP contribution in [0.15, 0.2) is 54.3 Å². The average molecular weight is 257 g/mol. The summed E-state index contributed by atoms with van der Waals surface area (Å²) in [5, 5.41) is 0. The second kappa shape index (κ2) is 8.41. The SMILES string of the molecule is [CH]1C=C(OCCCCCOc2ccccc2)C=CC1. The summed E-state index contributed by atoms with van der Waals surface area (Å²) in [7, 11) is 0. The molecule has 0 aromatic heterocycles. The Morgan fingerprint density at radius 3 is 2.42 bits per heavy atom. The van der Waals surface area contributed by atoms with Crippen LogP contribution in [0.3, 0.4) is 0 Å². The largest absolute Gasteiger partial charge is 0.494 e. The molecule has 2 heteroatoms. The maximum absolute atomic E-state index is 5.65. The van der Waals surface area contributed by atoms with Gasteiger partial charge in [0, 0.05) is 0 Å². The quantitative estimate of drug-likeness (QED) is 0.646. The van der Waals surface area contributed by atoms with E-state index < -0.39 is 0 Å². The number of benzene rings is 1. The fourth-order valence-electron chi connectivity index (χ4n) is 1.88. The summed E-state index contributed by atoms with van der Waals surface area (Å²) in [6.45, 7) is 1.57. The molecule has 0 unspecified atom stereocenters. The van der Waals surface area contributed by atoms with E-state index >= 15 is 0 Å². The van der Waals surface area contributed by atoms with E-state index in [1.54, 1.807) is 0 Å². The topological polar surface area (TPSA) is 18.5 Å². The van der Waals surface area contributed by atoms with Gasteiger partial charge in [0.25, 0.3) is 0 Å². The minimum atomic E-state index is 0.778. The number of ether oxygens (including phenoxy) is 2. The molecule has 0 N–H and O–H groups in total. The van der Waals surface area contributed by atoms with Gasteiger partial charge in [-0.25, -0.2) is 0 Å². The third-order valence-corrected chi connectivity index (χ3v) is 2.91. The molecule has 2 nitrogen and oxygen atoms in total. The lowest BCUT2D eigenvalue weighted by molar-refractivity contribution is 0.211. The van der Waals surface area contributed by atoms with E-state index in [1.807, 2.05) is 42.5 Å². The number of para-hydroxylation sites is 1. The summed E-state index contributed by atoms with van der Waals surface area (Å²) in [4.78, 5) is 0. The highest BCUT2D eigenvalue weighted by Gasteiger charge is 1.98. The first-order valence-corrected chi connectivity index (χ1v) is 6.96. The van der Waals surface area contributed by atoms with Crippen molar-refractivity contribution in [3.63, 3.8) is 0 Å². The number of hydrogen-bond acceptors (Lipinski definition) is 2. The van der Waals surface area contributed by atoms with Gasteiger partial charge in [-0.3, -0.25) is 0 Å². The highest BCUT2D eigenvalue weighted by atomic mass is 16.5. The lowest BCUT2D eigenvalue weighted by Crippen LogP contribution is -1.99. The lowest BCUT2D eigenvalue weighted by atomic mass is 10.2. The van der Waals surface area contributed by atoms with Gasteiger partial charge < -0.3 is 9.47 Å². The number of allylic oxidation sites excluding steroid dienone is 3. The van der Waals surface area contributed by atoms with Gasteiger partial charge in [0.15, 0.2) is 0 Å². The van der Waals surface area contributed by atoms with Crippen molar-refractivity contribution < 1.29 is 9.47 Å². The van der Waals surface area contributed by atoms with Gasteiger partial charge in [-0.05, 0) is 56.4 Å². The fraction of sp³-hybridized carbons (Fsp3) is 0.353. The first-order chi connectivity index (χ1) is 9.45. The molecule has 0 bridgehead atoms. The first kappa shape index (κ1) is 13.7. The van der Waals surface area contributed by atoms with E-state index in [1.165, 1.54) is 0 Å². The molecule has 0 heterocycles. The zero-order chi connectivity index (χ0) is 13.2. The van der Waals surface area contributed by atoms with Crippen molar-refractivity contribution in [2.45, 2.75) is 25.7 Å². The molecular formula is C17H21O2. The molecule has 1 aromatic carbocycles. The van der Waals surface area contributed by atoms with E-state index in [2.05, 4.69) is 12.5 Å². The monoisotopic (exact) mass is 257 g/mol. The first-order valence-electron chi connectivity index (χ1n) is 6.96. The Morgan fingerprint density at radius 2 is 1.68 bits per heavy atom. The van der Waals surface area contributed by atoms with Crippen LogP contribution in [-0.2, 0) is 4.74 Å². The summed E-state index contributed by atoms with van der Waals surface area (Å²) in [5.41, 5.74) is 0. The lowest BCUT2D eigenvalue weighted by Gasteiger charge is -2.09. The molecule has 1 aliphatic carbocycles. The third kappa shape index (κ3) is 5.64. The molecule has 2 rings (SSSR count). The predicted octanol–water partition coefficient (Wildman–Crippen LogP) is 4.30. The summed E-state index contributed by atoms with van der Waals surface area (Å²) < 4.78 is 11.3. The van der Waals surface area contributed by atoms with Gasteiger partial charge in [-0.15, -0.1) is 0 Å². The van der Waals surface area contributed by atoms with Crippen molar-refractivity contribution in [1.82, 2.24) is 0 Å². The summed E-state index contributed by atoms with van der Waals surface area (Å²) in [6, 6.07) is 9.95. The van der Waals surface area contributed by atoms with Gasteiger partial charge in [0.1, 0.15) is 11.5 Å². The molecule has 1 aliphatic rings. The standard InChI is InChI=1S/C17H21O2/c1-4-10-16(11-5-1)18-14-8-3-9-15-19-17-12-6-2-7-13-17/h1,4-7,10-13H,2-3,8-9,14-15H2. The zero-order valence-electron chi connectivity index (χ0n) is 11.3. The van der Waals surface area contributed by atoms with Crippen LogP contribution in [0.1, 0.15) is 25.7 Å². The van der Waals surface area contributed by atoms with Gasteiger partial charge in [-0.1, -0.05) is 24.3 Å². The Bertz CT molecular complexity index is 407. The maximum Gasteiger partial charge on any atom is 0.119 e. The van der Waals surface area contributed by atoms with Crippen molar-refractivity contribution in [2.24, 2.45) is 0 Å². The Labute approximate surface area is 115 Å². The molecule has 0 spiro atoms. The normalized spacial score (nSPS) is 14.0. The summed E-state index contributed by atoms with van der Waals surface area (Å²) in [5.74, 6) is 1.93. The molecule has 0 atom stereocenters.